The van der Waals surface area contributed by atoms with Gasteiger partial charge in [-0.2, -0.15) is 0 Å². The van der Waals surface area contributed by atoms with Crippen LogP contribution in [0, 0.1) is 11.6 Å². The number of amides is 2. The van der Waals surface area contributed by atoms with Gasteiger partial charge in [0, 0.05) is 31.2 Å². The highest BCUT2D eigenvalue weighted by Crippen LogP contribution is 2.49. The maximum absolute atomic E-state index is 14.3. The molecule has 3 aromatic rings. The van der Waals surface area contributed by atoms with Gasteiger partial charge in [-0.05, 0) is 92.9 Å². The second-order valence-corrected chi connectivity index (χ2v) is 11.2. The lowest BCUT2D eigenvalue weighted by molar-refractivity contribution is 0.0218. The third-order valence-corrected chi connectivity index (χ3v) is 8.86. The van der Waals surface area contributed by atoms with Crippen LogP contribution in [0.5, 0.6) is 11.5 Å². The molecular weight excluding hydrogens is 512 g/mol. The summed E-state index contributed by atoms with van der Waals surface area (Å²) >= 11 is 0. The van der Waals surface area contributed by atoms with E-state index in [2.05, 4.69) is 4.90 Å². The number of hydrogen-bond acceptors (Lipinski definition) is 4. The van der Waals surface area contributed by atoms with Gasteiger partial charge in [0.25, 0.3) is 0 Å². The summed E-state index contributed by atoms with van der Waals surface area (Å²) in [6.07, 6.45) is 2.77. The van der Waals surface area contributed by atoms with E-state index in [1.165, 1.54) is 12.1 Å². The van der Waals surface area contributed by atoms with Crippen molar-refractivity contribution in [1.82, 2.24) is 14.7 Å². The van der Waals surface area contributed by atoms with Gasteiger partial charge in [-0.15, -0.1) is 0 Å². The second-order valence-electron chi connectivity index (χ2n) is 11.2. The summed E-state index contributed by atoms with van der Waals surface area (Å²) in [6.45, 7) is 1.57. The minimum absolute atomic E-state index is 0.000731. The van der Waals surface area contributed by atoms with E-state index < -0.39 is 22.7 Å². The fraction of sp³-hybridized carbons (Fsp3) is 0.406. The van der Waals surface area contributed by atoms with Gasteiger partial charge >= 0.3 is 6.03 Å². The number of nitrogens with zero attached hydrogens (tertiary/aromatic N) is 3. The van der Waals surface area contributed by atoms with E-state index >= 15 is 0 Å². The average Bonchev–Trinajstić information content (AvgIpc) is 3.19. The molecule has 1 saturated carbocycles. The van der Waals surface area contributed by atoms with Gasteiger partial charge in [0.2, 0.25) is 0 Å². The Labute approximate surface area is 235 Å². The highest BCUT2D eigenvalue weighted by molar-refractivity contribution is 5.78. The Hall–Kier alpha value is -3.65. The van der Waals surface area contributed by atoms with Gasteiger partial charge in [-0.3, -0.25) is 4.90 Å². The van der Waals surface area contributed by atoms with E-state index in [0.29, 0.717) is 50.9 Å². The Morgan fingerprint density at radius 3 is 1.75 bits per heavy atom. The van der Waals surface area contributed by atoms with Crippen LogP contribution in [-0.4, -0.2) is 61.1 Å². The highest BCUT2D eigenvalue weighted by Gasteiger charge is 2.54. The van der Waals surface area contributed by atoms with E-state index in [1.54, 1.807) is 14.2 Å². The molecule has 1 heterocycles. The van der Waals surface area contributed by atoms with Crippen LogP contribution in [0.15, 0.2) is 66.7 Å². The fourth-order valence-electron chi connectivity index (χ4n) is 6.48. The lowest BCUT2D eigenvalue weighted by atomic mass is 9.68. The number of rotatable bonds is 8. The minimum atomic E-state index is -0.570. The summed E-state index contributed by atoms with van der Waals surface area (Å²) in [4.78, 5) is 20.0. The Morgan fingerprint density at radius 2 is 1.27 bits per heavy atom. The van der Waals surface area contributed by atoms with Crippen molar-refractivity contribution in [3.63, 3.8) is 0 Å². The number of benzene rings is 3. The quantitative estimate of drug-likeness (QED) is 0.336. The van der Waals surface area contributed by atoms with E-state index in [-0.39, 0.29) is 6.03 Å². The van der Waals surface area contributed by atoms with Crippen molar-refractivity contribution in [3.8, 4) is 11.5 Å². The summed E-state index contributed by atoms with van der Waals surface area (Å²) in [5, 5.41) is 0. The van der Waals surface area contributed by atoms with Crippen molar-refractivity contribution >= 4 is 6.03 Å². The van der Waals surface area contributed by atoms with Crippen molar-refractivity contribution in [1.29, 1.82) is 0 Å². The van der Waals surface area contributed by atoms with Crippen molar-refractivity contribution in [2.45, 2.75) is 49.9 Å². The molecule has 2 fully saturated rings. The molecule has 0 radical (unpaired) electrons. The monoisotopic (exact) mass is 549 g/mol. The van der Waals surface area contributed by atoms with Gasteiger partial charge in [0.1, 0.15) is 23.1 Å². The predicted octanol–water partition coefficient (Wildman–Crippen LogP) is 6.19. The Kier molecular flexibility index (Phi) is 7.73. The number of ether oxygens (including phenoxy) is 2. The Bertz CT molecular complexity index is 1320. The molecule has 0 atom stereocenters. The van der Waals surface area contributed by atoms with Crippen LogP contribution >= 0.6 is 0 Å². The lowest BCUT2D eigenvalue weighted by Gasteiger charge is -2.51. The van der Waals surface area contributed by atoms with Crippen LogP contribution in [0.25, 0.3) is 0 Å². The topological polar surface area (TPSA) is 45.2 Å². The first-order valence-corrected chi connectivity index (χ1v) is 13.6. The lowest BCUT2D eigenvalue weighted by Crippen LogP contribution is -2.55. The molecule has 1 spiro atoms. The number of carbonyl (C=O) groups is 1. The van der Waals surface area contributed by atoms with Crippen molar-refractivity contribution in [2.24, 2.45) is 0 Å². The number of halogens is 2. The van der Waals surface area contributed by atoms with Gasteiger partial charge in [-0.25, -0.2) is 13.6 Å². The van der Waals surface area contributed by atoms with Gasteiger partial charge in [-0.1, -0.05) is 24.3 Å². The molecule has 40 heavy (non-hydrogen) atoms. The molecule has 0 N–H and O–H groups in total. The summed E-state index contributed by atoms with van der Waals surface area (Å²) in [5.41, 5.74) is 1.79. The standard InChI is InChI=1S/C32H37F2N3O3/c1-35(2)32(25-17-26(33)19-27(34)18-25)15-13-31(14-16-32)22-36(20-23-5-9-28(39-3)10-6-23)30(38)37(31)21-24-7-11-29(40-4)12-8-24/h5-12,17-19H,13-16,20-22H2,1-4H3. The molecule has 1 aliphatic heterocycles. The molecule has 0 bridgehead atoms. The Balaban J connectivity index is 1.45. The smallest absolute Gasteiger partial charge is 0.321 e. The third kappa shape index (κ3) is 5.24. The summed E-state index contributed by atoms with van der Waals surface area (Å²) in [5.74, 6) is 0.400. The van der Waals surface area contributed by atoms with Crippen molar-refractivity contribution < 1.29 is 23.0 Å². The summed E-state index contributed by atoms with van der Waals surface area (Å²) in [7, 11) is 7.20. The second kappa shape index (κ2) is 11.1. The largest absolute Gasteiger partial charge is 0.497 e. The maximum Gasteiger partial charge on any atom is 0.321 e. The van der Waals surface area contributed by atoms with Gasteiger partial charge < -0.3 is 19.3 Å². The molecule has 5 rings (SSSR count). The zero-order valence-corrected chi connectivity index (χ0v) is 23.6. The zero-order valence-electron chi connectivity index (χ0n) is 23.6. The molecular formula is C32H37F2N3O3. The molecule has 2 aliphatic rings. The van der Waals surface area contributed by atoms with Crippen LogP contribution in [0.1, 0.15) is 42.4 Å². The normalized spacial score (nSPS) is 22.8. The van der Waals surface area contributed by atoms with Crippen LogP contribution in [0.3, 0.4) is 0 Å². The van der Waals surface area contributed by atoms with E-state index in [4.69, 9.17) is 9.47 Å². The number of carbonyl (C=O) groups excluding carboxylic acids is 1. The highest BCUT2D eigenvalue weighted by atomic mass is 19.1. The summed E-state index contributed by atoms with van der Waals surface area (Å²) in [6, 6.07) is 19.4. The molecule has 6 nitrogen and oxygen atoms in total. The minimum Gasteiger partial charge on any atom is -0.497 e. The Morgan fingerprint density at radius 1 is 0.775 bits per heavy atom. The van der Waals surface area contributed by atoms with Crippen molar-refractivity contribution in [3.05, 3.63) is 95.1 Å². The number of urea groups is 1. The molecule has 1 saturated heterocycles. The van der Waals surface area contributed by atoms with Crippen molar-refractivity contribution in [2.75, 3.05) is 34.9 Å². The maximum atomic E-state index is 14.3. The number of methoxy groups -OCH3 is 2. The van der Waals surface area contributed by atoms with Crippen LogP contribution in [-0.2, 0) is 18.6 Å². The molecule has 8 heteroatoms. The molecule has 0 aromatic heterocycles. The first kappa shape index (κ1) is 27.9. The molecule has 3 aromatic carbocycles. The van der Waals surface area contributed by atoms with Crippen LogP contribution < -0.4 is 9.47 Å². The average molecular weight is 550 g/mol. The molecule has 212 valence electrons. The first-order valence-electron chi connectivity index (χ1n) is 13.6. The van der Waals surface area contributed by atoms with Gasteiger partial charge in [0.05, 0.1) is 19.8 Å². The first-order chi connectivity index (χ1) is 19.2. The predicted molar refractivity (Wildman–Crippen MR) is 150 cm³/mol. The molecule has 0 unspecified atom stereocenters. The SMILES string of the molecule is COc1ccc(CN2CC3(CCC(c4cc(F)cc(F)c4)(N(C)C)CC3)N(Cc3ccc(OC)cc3)C2=O)cc1. The van der Waals surface area contributed by atoms with Crippen LogP contribution in [0.4, 0.5) is 13.6 Å². The van der Waals surface area contributed by atoms with E-state index in [9.17, 15) is 13.6 Å². The van der Waals surface area contributed by atoms with E-state index in [0.717, 1.165) is 28.7 Å². The van der Waals surface area contributed by atoms with Gasteiger partial charge in [0.15, 0.2) is 0 Å². The van der Waals surface area contributed by atoms with E-state index in [1.807, 2.05) is 72.4 Å². The molecule has 1 aliphatic carbocycles. The third-order valence-electron chi connectivity index (χ3n) is 8.86. The zero-order chi connectivity index (χ0) is 28.5. The number of hydrogen-bond donors (Lipinski definition) is 0. The molecule has 2 amide bonds. The van der Waals surface area contributed by atoms with Crippen LogP contribution in [0.2, 0.25) is 0 Å². The summed E-state index contributed by atoms with van der Waals surface area (Å²) < 4.78 is 39.2. The fourth-order valence-corrected chi connectivity index (χ4v) is 6.48.